The minimum atomic E-state index is -0.611. The van der Waals surface area contributed by atoms with Gasteiger partial charge in [-0.15, -0.1) is 0 Å². The third kappa shape index (κ3) is 7.97. The van der Waals surface area contributed by atoms with E-state index in [4.69, 9.17) is 14.2 Å². The van der Waals surface area contributed by atoms with Gasteiger partial charge in [0.15, 0.2) is 11.5 Å². The molecule has 0 aliphatic carbocycles. The van der Waals surface area contributed by atoms with E-state index in [0.717, 1.165) is 11.1 Å². The minimum Gasteiger partial charge on any atom is -0.497 e. The number of amides is 2. The maximum atomic E-state index is 13.3. The Morgan fingerprint density at radius 1 is 0.941 bits per heavy atom. The SMILES string of the molecule is CCOc1ccc(CCC(=O)N(Cc2cccc(OC)c2)[C@H](C)C(=O)NC(C)C)cc1OCC. The Kier molecular flexibility index (Phi) is 10.7. The van der Waals surface area contributed by atoms with Gasteiger partial charge in [0.25, 0.3) is 0 Å². The van der Waals surface area contributed by atoms with Crippen LogP contribution in [0, 0.1) is 0 Å². The fraction of sp³-hybridized carbons (Fsp3) is 0.481. The molecule has 0 aliphatic rings. The van der Waals surface area contributed by atoms with Gasteiger partial charge in [0.05, 0.1) is 20.3 Å². The van der Waals surface area contributed by atoms with Crippen LogP contribution in [-0.4, -0.2) is 49.1 Å². The normalized spacial score (nSPS) is 11.6. The first-order valence-corrected chi connectivity index (χ1v) is 11.9. The average molecular weight is 471 g/mol. The van der Waals surface area contributed by atoms with Crippen molar-refractivity contribution in [3.05, 3.63) is 53.6 Å². The zero-order valence-corrected chi connectivity index (χ0v) is 21.2. The van der Waals surface area contributed by atoms with Gasteiger partial charge in [0, 0.05) is 19.0 Å². The standard InChI is InChI=1S/C27H38N2O5/c1-7-33-24-14-12-21(17-25(24)34-8-2)13-15-26(30)29(20(5)27(31)28-19(3)4)18-22-10-9-11-23(16-22)32-6/h9-12,14,16-17,19-20H,7-8,13,15,18H2,1-6H3,(H,28,31)/t20-/m1/s1. The fourth-order valence-electron chi connectivity index (χ4n) is 3.60. The first kappa shape index (κ1) is 27.0. The topological polar surface area (TPSA) is 77.1 Å². The van der Waals surface area contributed by atoms with Crippen molar-refractivity contribution in [3.63, 3.8) is 0 Å². The number of nitrogens with zero attached hydrogens (tertiary/aromatic N) is 1. The Labute approximate surface area is 203 Å². The van der Waals surface area contributed by atoms with E-state index < -0.39 is 6.04 Å². The first-order valence-electron chi connectivity index (χ1n) is 11.9. The van der Waals surface area contributed by atoms with Crippen molar-refractivity contribution >= 4 is 11.8 Å². The number of carbonyl (C=O) groups is 2. The maximum Gasteiger partial charge on any atom is 0.242 e. The summed E-state index contributed by atoms with van der Waals surface area (Å²) in [5.74, 6) is 1.80. The van der Waals surface area contributed by atoms with E-state index in [0.29, 0.717) is 43.4 Å². The molecule has 34 heavy (non-hydrogen) atoms. The van der Waals surface area contributed by atoms with Crippen LogP contribution in [0.4, 0.5) is 0 Å². The van der Waals surface area contributed by atoms with E-state index in [1.54, 1.807) is 18.9 Å². The van der Waals surface area contributed by atoms with Crippen molar-refractivity contribution in [3.8, 4) is 17.2 Å². The van der Waals surface area contributed by atoms with Crippen molar-refractivity contribution in [2.24, 2.45) is 0 Å². The van der Waals surface area contributed by atoms with Crippen molar-refractivity contribution in [2.75, 3.05) is 20.3 Å². The molecule has 0 aromatic heterocycles. The van der Waals surface area contributed by atoms with Gasteiger partial charge in [0.1, 0.15) is 11.8 Å². The summed E-state index contributed by atoms with van der Waals surface area (Å²) < 4.78 is 16.7. The molecule has 1 atom stereocenters. The molecule has 7 heteroatoms. The van der Waals surface area contributed by atoms with E-state index in [1.807, 2.05) is 70.2 Å². The number of carbonyl (C=O) groups excluding carboxylic acids is 2. The molecule has 0 saturated heterocycles. The largest absolute Gasteiger partial charge is 0.497 e. The quantitative estimate of drug-likeness (QED) is 0.471. The van der Waals surface area contributed by atoms with Gasteiger partial charge >= 0.3 is 0 Å². The molecule has 0 spiro atoms. The molecule has 0 saturated carbocycles. The summed E-state index contributed by atoms with van der Waals surface area (Å²) >= 11 is 0. The number of nitrogens with one attached hydrogen (secondary N) is 1. The molecule has 0 fully saturated rings. The second-order valence-electron chi connectivity index (χ2n) is 8.36. The van der Waals surface area contributed by atoms with Crippen LogP contribution in [0.1, 0.15) is 52.2 Å². The Balaban J connectivity index is 2.20. The molecular formula is C27H38N2O5. The van der Waals surface area contributed by atoms with Gasteiger partial charge in [-0.25, -0.2) is 0 Å². The Morgan fingerprint density at radius 3 is 2.29 bits per heavy atom. The van der Waals surface area contributed by atoms with Crippen LogP contribution in [0.3, 0.4) is 0 Å². The Hall–Kier alpha value is -3.22. The smallest absolute Gasteiger partial charge is 0.242 e. The van der Waals surface area contributed by atoms with Crippen LogP contribution in [-0.2, 0) is 22.6 Å². The summed E-state index contributed by atoms with van der Waals surface area (Å²) in [7, 11) is 1.61. The number of rotatable bonds is 13. The summed E-state index contributed by atoms with van der Waals surface area (Å²) in [5.41, 5.74) is 1.87. The van der Waals surface area contributed by atoms with Gasteiger partial charge < -0.3 is 24.4 Å². The molecule has 1 N–H and O–H groups in total. The van der Waals surface area contributed by atoms with Crippen LogP contribution >= 0.6 is 0 Å². The lowest BCUT2D eigenvalue weighted by Gasteiger charge is -2.29. The summed E-state index contributed by atoms with van der Waals surface area (Å²) in [6.07, 6.45) is 0.793. The zero-order chi connectivity index (χ0) is 25.1. The van der Waals surface area contributed by atoms with Crippen molar-refractivity contribution in [1.82, 2.24) is 10.2 Å². The van der Waals surface area contributed by atoms with E-state index in [9.17, 15) is 9.59 Å². The number of hydrogen-bond donors (Lipinski definition) is 1. The second-order valence-corrected chi connectivity index (χ2v) is 8.36. The van der Waals surface area contributed by atoms with Crippen molar-refractivity contribution in [1.29, 1.82) is 0 Å². The van der Waals surface area contributed by atoms with E-state index in [-0.39, 0.29) is 24.3 Å². The molecule has 7 nitrogen and oxygen atoms in total. The average Bonchev–Trinajstić information content (AvgIpc) is 2.82. The zero-order valence-electron chi connectivity index (χ0n) is 21.2. The molecule has 0 radical (unpaired) electrons. The van der Waals surface area contributed by atoms with Gasteiger partial charge in [-0.3, -0.25) is 9.59 Å². The van der Waals surface area contributed by atoms with Gasteiger partial charge in [-0.05, 0) is 76.4 Å². The molecule has 0 unspecified atom stereocenters. The summed E-state index contributed by atoms with van der Waals surface area (Å²) in [6, 6.07) is 12.7. The van der Waals surface area contributed by atoms with Crippen LogP contribution in [0.5, 0.6) is 17.2 Å². The highest BCUT2D eigenvalue weighted by Crippen LogP contribution is 2.29. The summed E-state index contributed by atoms with van der Waals surface area (Å²) in [4.78, 5) is 27.7. The Bertz CT molecular complexity index is 944. The number of hydrogen-bond acceptors (Lipinski definition) is 5. The van der Waals surface area contributed by atoms with Gasteiger partial charge in [-0.1, -0.05) is 18.2 Å². The molecule has 2 aromatic carbocycles. The van der Waals surface area contributed by atoms with E-state index >= 15 is 0 Å². The molecule has 2 amide bonds. The molecule has 0 heterocycles. The number of benzene rings is 2. The number of ether oxygens (including phenoxy) is 3. The van der Waals surface area contributed by atoms with E-state index in [1.165, 1.54) is 0 Å². The molecule has 0 aliphatic heterocycles. The summed E-state index contributed by atoms with van der Waals surface area (Å²) in [5, 5.41) is 2.91. The second kappa shape index (κ2) is 13.5. The highest BCUT2D eigenvalue weighted by atomic mass is 16.5. The fourth-order valence-corrected chi connectivity index (χ4v) is 3.60. The third-order valence-corrected chi connectivity index (χ3v) is 5.32. The van der Waals surface area contributed by atoms with E-state index in [2.05, 4.69) is 5.32 Å². The predicted molar refractivity (Wildman–Crippen MR) is 133 cm³/mol. The van der Waals surface area contributed by atoms with Crippen molar-refractivity contribution < 1.29 is 23.8 Å². The van der Waals surface area contributed by atoms with Crippen LogP contribution in [0.2, 0.25) is 0 Å². The first-order chi connectivity index (χ1) is 16.3. The Morgan fingerprint density at radius 2 is 1.65 bits per heavy atom. The van der Waals surface area contributed by atoms with Crippen LogP contribution in [0.15, 0.2) is 42.5 Å². The monoisotopic (exact) mass is 470 g/mol. The molecular weight excluding hydrogens is 432 g/mol. The number of aryl methyl sites for hydroxylation is 1. The lowest BCUT2D eigenvalue weighted by Crippen LogP contribution is -2.49. The third-order valence-electron chi connectivity index (χ3n) is 5.32. The molecule has 0 bridgehead atoms. The highest BCUT2D eigenvalue weighted by molar-refractivity contribution is 5.87. The lowest BCUT2D eigenvalue weighted by atomic mass is 10.1. The minimum absolute atomic E-state index is 0.00966. The van der Waals surface area contributed by atoms with Crippen molar-refractivity contribution in [2.45, 2.75) is 66.1 Å². The summed E-state index contributed by atoms with van der Waals surface area (Å²) in [6.45, 7) is 10.8. The lowest BCUT2D eigenvalue weighted by molar-refractivity contribution is -0.140. The highest BCUT2D eigenvalue weighted by Gasteiger charge is 2.26. The maximum absolute atomic E-state index is 13.3. The number of methoxy groups -OCH3 is 1. The van der Waals surface area contributed by atoms with Crippen LogP contribution in [0.25, 0.3) is 0 Å². The van der Waals surface area contributed by atoms with Gasteiger partial charge in [-0.2, -0.15) is 0 Å². The molecule has 186 valence electrons. The predicted octanol–water partition coefficient (Wildman–Crippen LogP) is 4.37. The van der Waals surface area contributed by atoms with Crippen LogP contribution < -0.4 is 19.5 Å². The molecule has 2 rings (SSSR count). The van der Waals surface area contributed by atoms with Gasteiger partial charge in [0.2, 0.25) is 11.8 Å². The molecule has 2 aromatic rings.